The van der Waals surface area contributed by atoms with Crippen molar-refractivity contribution in [3.63, 3.8) is 0 Å². The second-order valence-corrected chi connectivity index (χ2v) is 4.65. The summed E-state index contributed by atoms with van der Waals surface area (Å²) < 4.78 is 5.13. The number of benzene rings is 2. The van der Waals surface area contributed by atoms with Gasteiger partial charge in [0, 0.05) is 6.07 Å². The zero-order valence-corrected chi connectivity index (χ0v) is 10.9. The van der Waals surface area contributed by atoms with Crippen LogP contribution in [0.3, 0.4) is 0 Å². The Labute approximate surface area is 122 Å². The molecule has 0 fully saturated rings. The zero-order chi connectivity index (χ0) is 16.0. The summed E-state index contributed by atoms with van der Waals surface area (Å²) in [6, 6.07) is 4.56. The van der Waals surface area contributed by atoms with Crippen molar-refractivity contribution in [2.45, 2.75) is 0 Å². The Balaban J connectivity index is 2.36. The van der Waals surface area contributed by atoms with Gasteiger partial charge in [0.05, 0.1) is 5.56 Å². The van der Waals surface area contributed by atoms with Gasteiger partial charge in [-0.3, -0.25) is 4.79 Å². The highest BCUT2D eigenvalue weighted by atomic mass is 16.4. The van der Waals surface area contributed by atoms with E-state index in [1.54, 1.807) is 0 Å². The topological polar surface area (TPSA) is 131 Å². The molecule has 1 heterocycles. The van der Waals surface area contributed by atoms with E-state index < -0.39 is 28.4 Å². The van der Waals surface area contributed by atoms with Gasteiger partial charge in [0.15, 0.2) is 22.8 Å². The summed E-state index contributed by atoms with van der Waals surface area (Å²) in [6.07, 6.45) is 1.02. The molecule has 112 valence electrons. The number of phenolic OH excluding ortho intramolecular Hbond substituents is 5. The number of aromatic hydroxyl groups is 5. The van der Waals surface area contributed by atoms with E-state index in [-0.39, 0.29) is 27.8 Å². The van der Waals surface area contributed by atoms with Gasteiger partial charge in [0.1, 0.15) is 17.4 Å². The molecule has 5 N–H and O–H groups in total. The van der Waals surface area contributed by atoms with Crippen LogP contribution in [0.4, 0.5) is 0 Å². The van der Waals surface area contributed by atoms with Gasteiger partial charge in [0.2, 0.25) is 11.2 Å². The molecule has 0 aliphatic carbocycles. The van der Waals surface area contributed by atoms with Gasteiger partial charge in [0.25, 0.3) is 0 Å². The Bertz CT molecular complexity index is 956. The highest BCUT2D eigenvalue weighted by molar-refractivity contribution is 5.92. The van der Waals surface area contributed by atoms with Gasteiger partial charge in [-0.15, -0.1) is 0 Å². The van der Waals surface area contributed by atoms with Gasteiger partial charge in [-0.25, -0.2) is 0 Å². The van der Waals surface area contributed by atoms with Gasteiger partial charge < -0.3 is 29.9 Å². The molecule has 0 radical (unpaired) electrons. The van der Waals surface area contributed by atoms with Crippen LogP contribution in [0.15, 0.2) is 39.7 Å². The van der Waals surface area contributed by atoms with E-state index >= 15 is 0 Å². The fourth-order valence-electron chi connectivity index (χ4n) is 2.15. The minimum Gasteiger partial charge on any atom is -0.507 e. The molecule has 0 saturated heterocycles. The fraction of sp³-hybridized carbons (Fsp3) is 0. The van der Waals surface area contributed by atoms with Crippen molar-refractivity contribution < 1.29 is 29.9 Å². The number of rotatable bonds is 1. The van der Waals surface area contributed by atoms with Crippen molar-refractivity contribution in [2.75, 3.05) is 0 Å². The predicted molar refractivity (Wildman–Crippen MR) is 76.2 cm³/mol. The third-order valence-corrected chi connectivity index (χ3v) is 3.27. The molecule has 0 saturated carbocycles. The normalized spacial score (nSPS) is 10.9. The monoisotopic (exact) mass is 302 g/mol. The molecule has 0 aliphatic heterocycles. The van der Waals surface area contributed by atoms with Crippen LogP contribution in [-0.4, -0.2) is 25.5 Å². The number of fused-ring (bicyclic) bond motifs is 1. The highest BCUT2D eigenvalue weighted by Crippen LogP contribution is 2.39. The average Bonchev–Trinajstić information content (AvgIpc) is 2.47. The highest BCUT2D eigenvalue weighted by Gasteiger charge is 2.19. The van der Waals surface area contributed by atoms with Crippen LogP contribution >= 0.6 is 0 Å². The first-order chi connectivity index (χ1) is 10.4. The molecule has 0 spiro atoms. The molecule has 0 aliphatic rings. The summed E-state index contributed by atoms with van der Waals surface area (Å²) in [7, 11) is 0. The summed E-state index contributed by atoms with van der Waals surface area (Å²) >= 11 is 0. The Morgan fingerprint density at radius 3 is 2.23 bits per heavy atom. The van der Waals surface area contributed by atoms with Crippen molar-refractivity contribution in [3.05, 3.63) is 40.8 Å². The number of hydrogen-bond donors (Lipinski definition) is 5. The van der Waals surface area contributed by atoms with E-state index in [4.69, 9.17) is 4.42 Å². The van der Waals surface area contributed by atoms with Crippen LogP contribution in [0.2, 0.25) is 0 Å². The summed E-state index contributed by atoms with van der Waals surface area (Å²) in [5.74, 6) is -2.61. The Hall–Kier alpha value is -3.35. The standard InChI is InChI=1S/C15H10O7/c16-8-2-1-6(3-9(8)17)7-5-22-15-12(13(7)20)10(18)4-11(19)14(15)21/h1-5,16-19,21H. The fourth-order valence-corrected chi connectivity index (χ4v) is 2.15. The second kappa shape index (κ2) is 4.59. The summed E-state index contributed by atoms with van der Waals surface area (Å²) in [6.45, 7) is 0. The Kier molecular flexibility index (Phi) is 2.84. The maximum atomic E-state index is 12.5. The lowest BCUT2D eigenvalue weighted by molar-refractivity contribution is 0.393. The van der Waals surface area contributed by atoms with E-state index in [2.05, 4.69) is 0 Å². The van der Waals surface area contributed by atoms with Crippen LogP contribution in [0.1, 0.15) is 0 Å². The van der Waals surface area contributed by atoms with Gasteiger partial charge in [-0.1, -0.05) is 6.07 Å². The van der Waals surface area contributed by atoms with Gasteiger partial charge in [-0.05, 0) is 17.7 Å². The van der Waals surface area contributed by atoms with E-state index in [1.807, 2.05) is 0 Å². The lowest BCUT2D eigenvalue weighted by atomic mass is 10.0. The zero-order valence-electron chi connectivity index (χ0n) is 10.9. The maximum Gasteiger partial charge on any atom is 0.204 e. The van der Waals surface area contributed by atoms with E-state index in [9.17, 15) is 30.3 Å². The first kappa shape index (κ1) is 13.6. The molecule has 0 amide bonds. The van der Waals surface area contributed by atoms with Crippen molar-refractivity contribution in [1.29, 1.82) is 0 Å². The van der Waals surface area contributed by atoms with Crippen molar-refractivity contribution in [2.24, 2.45) is 0 Å². The minimum absolute atomic E-state index is 0.00295. The van der Waals surface area contributed by atoms with Crippen molar-refractivity contribution in [3.8, 4) is 39.9 Å². The van der Waals surface area contributed by atoms with Gasteiger partial charge in [-0.2, -0.15) is 0 Å². The maximum absolute atomic E-state index is 12.5. The molecule has 3 aromatic rings. The number of hydrogen-bond acceptors (Lipinski definition) is 7. The predicted octanol–water partition coefficient (Wildman–Crippen LogP) is 1.99. The van der Waals surface area contributed by atoms with Crippen LogP contribution < -0.4 is 5.43 Å². The Morgan fingerprint density at radius 2 is 1.55 bits per heavy atom. The third kappa shape index (κ3) is 1.87. The summed E-state index contributed by atoms with van der Waals surface area (Å²) in [5.41, 5.74) is -0.769. The molecule has 0 unspecified atom stereocenters. The number of phenols is 5. The molecule has 7 heteroatoms. The molecule has 7 nitrogen and oxygen atoms in total. The van der Waals surface area contributed by atoms with Gasteiger partial charge >= 0.3 is 0 Å². The molecule has 22 heavy (non-hydrogen) atoms. The second-order valence-electron chi connectivity index (χ2n) is 4.65. The van der Waals surface area contributed by atoms with Crippen LogP contribution in [0.25, 0.3) is 22.1 Å². The van der Waals surface area contributed by atoms with E-state index in [0.29, 0.717) is 0 Å². The molecule has 0 bridgehead atoms. The smallest absolute Gasteiger partial charge is 0.204 e. The lowest BCUT2D eigenvalue weighted by Crippen LogP contribution is -2.05. The van der Waals surface area contributed by atoms with E-state index in [1.165, 1.54) is 12.1 Å². The Morgan fingerprint density at radius 1 is 0.818 bits per heavy atom. The molecule has 3 rings (SSSR count). The first-order valence-electron chi connectivity index (χ1n) is 6.12. The molecule has 1 aromatic heterocycles. The molecular weight excluding hydrogens is 292 g/mol. The first-order valence-corrected chi connectivity index (χ1v) is 6.12. The lowest BCUT2D eigenvalue weighted by Gasteiger charge is -2.07. The van der Waals surface area contributed by atoms with E-state index in [0.717, 1.165) is 18.4 Å². The largest absolute Gasteiger partial charge is 0.507 e. The van der Waals surface area contributed by atoms with Crippen molar-refractivity contribution in [1.82, 2.24) is 0 Å². The molecule has 0 atom stereocenters. The van der Waals surface area contributed by atoms with Crippen LogP contribution in [0.5, 0.6) is 28.7 Å². The van der Waals surface area contributed by atoms with Crippen molar-refractivity contribution >= 4 is 11.0 Å². The van der Waals surface area contributed by atoms with Crippen LogP contribution in [0, 0.1) is 0 Å². The minimum atomic E-state index is -0.667. The average molecular weight is 302 g/mol. The summed E-state index contributed by atoms with van der Waals surface area (Å²) in [4.78, 5) is 12.5. The third-order valence-electron chi connectivity index (χ3n) is 3.27. The quantitative estimate of drug-likeness (QED) is 0.343. The van der Waals surface area contributed by atoms with Crippen LogP contribution in [-0.2, 0) is 0 Å². The SMILES string of the molecule is O=c1c(-c2ccc(O)c(O)c2)coc2c(O)c(O)cc(O)c12. The summed E-state index contributed by atoms with van der Waals surface area (Å²) in [5, 5.41) is 47.4. The molecule has 2 aromatic carbocycles. The molecular formula is C15H10O7.